The van der Waals surface area contributed by atoms with Crippen molar-refractivity contribution in [3.63, 3.8) is 0 Å². The molecule has 0 aromatic carbocycles. The molecular weight excluding hydrogens is 148 g/mol. The van der Waals surface area contributed by atoms with Crippen molar-refractivity contribution in [2.24, 2.45) is 5.92 Å². The number of hydrogen-bond donors (Lipinski definition) is 0. The molecule has 0 aliphatic heterocycles. The fraction of sp³-hybridized carbons (Fsp3) is 0.545. The molecule has 0 radical (unpaired) electrons. The summed E-state index contributed by atoms with van der Waals surface area (Å²) in [6.45, 7) is 6.33. The van der Waals surface area contributed by atoms with Crippen molar-refractivity contribution >= 4 is 6.29 Å². The van der Waals surface area contributed by atoms with Gasteiger partial charge >= 0.3 is 0 Å². The van der Waals surface area contributed by atoms with Crippen molar-refractivity contribution in [3.8, 4) is 0 Å². The molecular formula is C11H18O. The van der Waals surface area contributed by atoms with Gasteiger partial charge in [-0.15, -0.1) is 0 Å². The average Bonchev–Trinajstić information content (AvgIpc) is 2.00. The van der Waals surface area contributed by atoms with Crippen molar-refractivity contribution in [2.75, 3.05) is 0 Å². The quantitative estimate of drug-likeness (QED) is 0.348. The molecule has 0 heterocycles. The van der Waals surface area contributed by atoms with E-state index in [0.29, 0.717) is 5.92 Å². The van der Waals surface area contributed by atoms with Gasteiger partial charge in [0.15, 0.2) is 0 Å². The third kappa shape index (κ3) is 7.26. The second-order valence-electron chi connectivity index (χ2n) is 3.36. The van der Waals surface area contributed by atoms with Crippen LogP contribution in [0.5, 0.6) is 0 Å². The summed E-state index contributed by atoms with van der Waals surface area (Å²) in [6, 6.07) is 0. The summed E-state index contributed by atoms with van der Waals surface area (Å²) >= 11 is 0. The molecule has 1 atom stereocenters. The number of hydrogen-bond acceptors (Lipinski definition) is 1. The predicted octanol–water partition coefficient (Wildman–Crippen LogP) is 3.12. The number of rotatable bonds is 5. The summed E-state index contributed by atoms with van der Waals surface area (Å²) in [4.78, 5) is 9.99. The minimum atomic E-state index is 0.505. The number of carbonyl (C=O) groups is 1. The standard InChI is InChI=1S/C11H18O/c1-10(2)6-4-7-11(3)8-5-9-12/h5-6,8-9,11H,4,7H2,1-3H3/b8-5+/t11-/m1/s1. The molecule has 0 amide bonds. The van der Waals surface area contributed by atoms with Crippen LogP contribution in [0.4, 0.5) is 0 Å². The maximum absolute atomic E-state index is 9.99. The molecule has 0 bridgehead atoms. The Morgan fingerprint density at radius 3 is 2.58 bits per heavy atom. The highest BCUT2D eigenvalue weighted by Crippen LogP contribution is 2.08. The predicted molar refractivity (Wildman–Crippen MR) is 53.0 cm³/mol. The summed E-state index contributed by atoms with van der Waals surface area (Å²) in [5.74, 6) is 0.505. The van der Waals surface area contributed by atoms with Crippen LogP contribution >= 0.6 is 0 Å². The lowest BCUT2D eigenvalue weighted by atomic mass is 10.0. The summed E-state index contributed by atoms with van der Waals surface area (Å²) in [7, 11) is 0. The van der Waals surface area contributed by atoms with E-state index in [1.54, 1.807) is 6.08 Å². The molecule has 68 valence electrons. The molecule has 0 fully saturated rings. The zero-order valence-electron chi connectivity index (χ0n) is 8.21. The van der Waals surface area contributed by atoms with Crippen LogP contribution in [-0.4, -0.2) is 6.29 Å². The van der Waals surface area contributed by atoms with E-state index in [2.05, 4.69) is 26.8 Å². The van der Waals surface area contributed by atoms with E-state index in [4.69, 9.17) is 0 Å². The van der Waals surface area contributed by atoms with Gasteiger partial charge in [-0.1, -0.05) is 24.6 Å². The minimum absolute atomic E-state index is 0.505. The molecule has 0 rings (SSSR count). The first-order valence-corrected chi connectivity index (χ1v) is 4.42. The monoisotopic (exact) mass is 166 g/mol. The third-order valence-electron chi connectivity index (χ3n) is 1.69. The van der Waals surface area contributed by atoms with E-state index >= 15 is 0 Å². The average molecular weight is 166 g/mol. The minimum Gasteiger partial charge on any atom is -0.299 e. The zero-order valence-corrected chi connectivity index (χ0v) is 8.21. The van der Waals surface area contributed by atoms with Crippen LogP contribution in [0.3, 0.4) is 0 Å². The van der Waals surface area contributed by atoms with Crippen molar-refractivity contribution in [1.29, 1.82) is 0 Å². The molecule has 0 spiro atoms. The summed E-state index contributed by atoms with van der Waals surface area (Å²) in [5, 5.41) is 0. The molecule has 0 unspecified atom stereocenters. The van der Waals surface area contributed by atoms with Gasteiger partial charge in [-0.05, 0) is 38.7 Å². The molecule has 1 heteroatoms. The Morgan fingerprint density at radius 2 is 2.08 bits per heavy atom. The highest BCUT2D eigenvalue weighted by Gasteiger charge is 1.93. The molecule has 12 heavy (non-hydrogen) atoms. The van der Waals surface area contributed by atoms with Gasteiger partial charge < -0.3 is 0 Å². The van der Waals surface area contributed by atoms with Gasteiger partial charge in [-0.25, -0.2) is 0 Å². The Labute approximate surface area is 75.2 Å². The fourth-order valence-corrected chi connectivity index (χ4v) is 0.966. The Morgan fingerprint density at radius 1 is 1.42 bits per heavy atom. The van der Waals surface area contributed by atoms with Crippen LogP contribution in [0.25, 0.3) is 0 Å². The summed E-state index contributed by atoms with van der Waals surface area (Å²) in [6.07, 6.45) is 8.81. The van der Waals surface area contributed by atoms with Gasteiger partial charge in [0.2, 0.25) is 0 Å². The molecule has 0 aromatic heterocycles. The number of carbonyl (C=O) groups excluding carboxylic acids is 1. The lowest BCUT2D eigenvalue weighted by Crippen LogP contribution is -1.88. The van der Waals surface area contributed by atoms with Gasteiger partial charge in [0, 0.05) is 0 Å². The highest BCUT2D eigenvalue weighted by molar-refractivity contribution is 5.64. The van der Waals surface area contributed by atoms with E-state index in [1.165, 1.54) is 5.57 Å². The largest absolute Gasteiger partial charge is 0.299 e. The van der Waals surface area contributed by atoms with E-state index in [9.17, 15) is 4.79 Å². The molecule has 1 nitrogen and oxygen atoms in total. The van der Waals surface area contributed by atoms with Gasteiger partial charge in [0.1, 0.15) is 6.29 Å². The first-order chi connectivity index (χ1) is 5.66. The molecule has 0 saturated heterocycles. The van der Waals surface area contributed by atoms with Crippen molar-refractivity contribution in [1.82, 2.24) is 0 Å². The van der Waals surface area contributed by atoms with Crippen LogP contribution in [0.2, 0.25) is 0 Å². The second kappa shape index (κ2) is 6.84. The van der Waals surface area contributed by atoms with Gasteiger partial charge in [-0.3, -0.25) is 4.79 Å². The van der Waals surface area contributed by atoms with E-state index in [0.717, 1.165) is 19.1 Å². The van der Waals surface area contributed by atoms with Crippen LogP contribution in [-0.2, 0) is 4.79 Å². The normalized spacial score (nSPS) is 12.9. The second-order valence-corrected chi connectivity index (χ2v) is 3.36. The molecule has 0 aromatic rings. The summed E-state index contributed by atoms with van der Waals surface area (Å²) < 4.78 is 0. The van der Waals surface area contributed by atoms with Crippen LogP contribution in [0.15, 0.2) is 23.8 Å². The van der Waals surface area contributed by atoms with Crippen molar-refractivity contribution < 1.29 is 4.79 Å². The Balaban J connectivity index is 3.57. The van der Waals surface area contributed by atoms with Crippen molar-refractivity contribution in [3.05, 3.63) is 23.8 Å². The van der Waals surface area contributed by atoms with E-state index in [-0.39, 0.29) is 0 Å². The molecule has 0 saturated carbocycles. The van der Waals surface area contributed by atoms with Gasteiger partial charge in [0.05, 0.1) is 0 Å². The lowest BCUT2D eigenvalue weighted by molar-refractivity contribution is -0.104. The third-order valence-corrected chi connectivity index (χ3v) is 1.69. The first-order valence-electron chi connectivity index (χ1n) is 4.42. The summed E-state index contributed by atoms with van der Waals surface area (Å²) in [5.41, 5.74) is 1.36. The number of aldehydes is 1. The van der Waals surface area contributed by atoms with Crippen LogP contribution in [0.1, 0.15) is 33.6 Å². The first kappa shape index (κ1) is 11.2. The fourth-order valence-electron chi connectivity index (χ4n) is 0.966. The zero-order chi connectivity index (χ0) is 9.40. The topological polar surface area (TPSA) is 17.1 Å². The van der Waals surface area contributed by atoms with Gasteiger partial charge in [0.25, 0.3) is 0 Å². The lowest BCUT2D eigenvalue weighted by Gasteiger charge is -2.01. The van der Waals surface area contributed by atoms with Crippen LogP contribution < -0.4 is 0 Å². The SMILES string of the molecule is CC(C)=CCC[C@@H](C)/C=C/C=O. The molecule has 0 aliphatic carbocycles. The Hall–Kier alpha value is -0.850. The maximum Gasteiger partial charge on any atom is 0.142 e. The number of allylic oxidation sites excluding steroid dienone is 4. The Kier molecular flexibility index (Phi) is 6.35. The smallest absolute Gasteiger partial charge is 0.142 e. The van der Waals surface area contributed by atoms with Crippen LogP contribution in [0, 0.1) is 5.92 Å². The maximum atomic E-state index is 9.99. The highest BCUT2D eigenvalue weighted by atomic mass is 16.1. The van der Waals surface area contributed by atoms with E-state index < -0.39 is 0 Å². The molecule has 0 N–H and O–H groups in total. The van der Waals surface area contributed by atoms with Gasteiger partial charge in [-0.2, -0.15) is 0 Å². The van der Waals surface area contributed by atoms with E-state index in [1.807, 2.05) is 6.08 Å². The molecule has 0 aliphatic rings. The Bertz CT molecular complexity index is 173. The van der Waals surface area contributed by atoms with Crippen molar-refractivity contribution in [2.45, 2.75) is 33.6 Å².